The maximum Gasteiger partial charge on any atom is 0.124 e. The minimum absolute atomic E-state index is 0.112. The summed E-state index contributed by atoms with van der Waals surface area (Å²) in [6, 6.07) is 5.12. The Kier molecular flexibility index (Phi) is 5.84. The standard InChI is InChI=1S/C15H19BrFN3S/c1-4-18-13(15-14(9(2)3)19-20-21-15)7-10-5-11(16)8-12(17)6-10/h5-6,8-9,13,18H,4,7H2,1-3H3. The fraction of sp³-hybridized carbons (Fsp3) is 0.467. The maximum absolute atomic E-state index is 13.5. The van der Waals surface area contributed by atoms with Gasteiger partial charge in [0.25, 0.3) is 0 Å². The van der Waals surface area contributed by atoms with Crippen molar-refractivity contribution >= 4 is 27.5 Å². The molecule has 0 amide bonds. The van der Waals surface area contributed by atoms with E-state index in [9.17, 15) is 4.39 Å². The van der Waals surface area contributed by atoms with Gasteiger partial charge in [0.1, 0.15) is 5.82 Å². The first-order valence-electron chi connectivity index (χ1n) is 7.01. The molecule has 1 aromatic heterocycles. The summed E-state index contributed by atoms with van der Waals surface area (Å²) in [5.41, 5.74) is 1.98. The van der Waals surface area contributed by atoms with E-state index in [1.54, 1.807) is 6.07 Å². The summed E-state index contributed by atoms with van der Waals surface area (Å²) in [6.07, 6.45) is 0.716. The van der Waals surface area contributed by atoms with Gasteiger partial charge in [-0.1, -0.05) is 41.2 Å². The molecular formula is C15H19BrFN3S. The van der Waals surface area contributed by atoms with E-state index in [-0.39, 0.29) is 11.9 Å². The Balaban J connectivity index is 2.28. The van der Waals surface area contributed by atoms with E-state index in [1.807, 2.05) is 6.07 Å². The summed E-state index contributed by atoms with van der Waals surface area (Å²) in [5, 5.41) is 7.70. The van der Waals surface area contributed by atoms with Crippen molar-refractivity contribution in [1.82, 2.24) is 14.9 Å². The lowest BCUT2D eigenvalue weighted by Crippen LogP contribution is -2.23. The van der Waals surface area contributed by atoms with Crippen LogP contribution in [0.5, 0.6) is 0 Å². The molecule has 1 N–H and O–H groups in total. The van der Waals surface area contributed by atoms with Gasteiger partial charge >= 0.3 is 0 Å². The van der Waals surface area contributed by atoms with E-state index in [0.29, 0.717) is 12.3 Å². The average molecular weight is 372 g/mol. The van der Waals surface area contributed by atoms with Gasteiger partial charge in [0, 0.05) is 10.5 Å². The fourth-order valence-corrected chi connectivity index (χ4v) is 3.71. The molecule has 0 aliphatic rings. The Morgan fingerprint density at radius 3 is 2.71 bits per heavy atom. The van der Waals surface area contributed by atoms with Crippen LogP contribution in [0, 0.1) is 5.82 Å². The van der Waals surface area contributed by atoms with Crippen LogP contribution in [0.25, 0.3) is 0 Å². The first-order valence-corrected chi connectivity index (χ1v) is 8.58. The third-order valence-corrected chi connectivity index (χ3v) is 4.53. The minimum atomic E-state index is -0.221. The van der Waals surface area contributed by atoms with E-state index in [2.05, 4.69) is 51.6 Å². The second-order valence-corrected chi connectivity index (χ2v) is 6.97. The van der Waals surface area contributed by atoms with Crippen molar-refractivity contribution in [3.8, 4) is 0 Å². The average Bonchev–Trinajstić information content (AvgIpc) is 2.86. The van der Waals surface area contributed by atoms with Gasteiger partial charge in [0.05, 0.1) is 10.6 Å². The van der Waals surface area contributed by atoms with Gasteiger partial charge in [-0.05, 0) is 54.2 Å². The van der Waals surface area contributed by atoms with Gasteiger partial charge in [0.15, 0.2) is 0 Å². The zero-order valence-corrected chi connectivity index (χ0v) is 14.8. The summed E-state index contributed by atoms with van der Waals surface area (Å²) >= 11 is 4.77. The molecule has 1 unspecified atom stereocenters. The number of hydrogen-bond donors (Lipinski definition) is 1. The Bertz CT molecular complexity index is 580. The molecule has 21 heavy (non-hydrogen) atoms. The van der Waals surface area contributed by atoms with Crippen LogP contribution in [-0.2, 0) is 6.42 Å². The molecule has 0 bridgehead atoms. The van der Waals surface area contributed by atoms with Crippen molar-refractivity contribution in [2.24, 2.45) is 0 Å². The van der Waals surface area contributed by atoms with Crippen LogP contribution in [0.1, 0.15) is 48.9 Å². The van der Waals surface area contributed by atoms with Gasteiger partial charge in [-0.3, -0.25) is 0 Å². The van der Waals surface area contributed by atoms with Gasteiger partial charge in [-0.25, -0.2) is 4.39 Å². The zero-order chi connectivity index (χ0) is 15.4. The van der Waals surface area contributed by atoms with E-state index in [1.165, 1.54) is 17.6 Å². The number of hydrogen-bond acceptors (Lipinski definition) is 4. The number of aromatic nitrogens is 2. The lowest BCUT2D eigenvalue weighted by molar-refractivity contribution is 0.546. The molecule has 1 aromatic carbocycles. The molecule has 2 aromatic rings. The second kappa shape index (κ2) is 7.42. The van der Waals surface area contributed by atoms with Crippen molar-refractivity contribution < 1.29 is 4.39 Å². The second-order valence-electron chi connectivity index (χ2n) is 5.27. The molecule has 2 rings (SSSR count). The highest BCUT2D eigenvalue weighted by Gasteiger charge is 2.21. The summed E-state index contributed by atoms with van der Waals surface area (Å²) in [6.45, 7) is 7.14. The van der Waals surface area contributed by atoms with Crippen molar-refractivity contribution in [2.45, 2.75) is 39.2 Å². The highest BCUT2D eigenvalue weighted by molar-refractivity contribution is 9.10. The molecule has 3 nitrogen and oxygen atoms in total. The molecule has 6 heteroatoms. The molecule has 0 radical (unpaired) electrons. The Labute approximate surface area is 137 Å². The van der Waals surface area contributed by atoms with Crippen LogP contribution in [0.4, 0.5) is 4.39 Å². The summed E-state index contributed by atoms with van der Waals surface area (Å²) < 4.78 is 18.4. The Morgan fingerprint density at radius 2 is 2.10 bits per heavy atom. The number of benzene rings is 1. The molecular weight excluding hydrogens is 353 g/mol. The van der Waals surface area contributed by atoms with Gasteiger partial charge in [0.2, 0.25) is 0 Å². The topological polar surface area (TPSA) is 37.8 Å². The van der Waals surface area contributed by atoms with E-state index in [0.717, 1.165) is 27.2 Å². The lowest BCUT2D eigenvalue weighted by Gasteiger charge is -2.18. The van der Waals surface area contributed by atoms with Gasteiger partial charge in [-0.15, -0.1) is 5.10 Å². The van der Waals surface area contributed by atoms with Crippen molar-refractivity contribution in [3.63, 3.8) is 0 Å². The van der Waals surface area contributed by atoms with Gasteiger partial charge < -0.3 is 5.32 Å². The molecule has 0 aliphatic heterocycles. The molecule has 0 saturated heterocycles. The third-order valence-electron chi connectivity index (χ3n) is 3.22. The van der Waals surface area contributed by atoms with Crippen molar-refractivity contribution in [2.75, 3.05) is 6.54 Å². The highest BCUT2D eigenvalue weighted by atomic mass is 79.9. The summed E-state index contributed by atoms with van der Waals surface area (Å²) in [5.74, 6) is 0.111. The monoisotopic (exact) mass is 371 g/mol. The van der Waals surface area contributed by atoms with Crippen LogP contribution in [-0.4, -0.2) is 16.1 Å². The Hall–Kier alpha value is -0.850. The summed E-state index contributed by atoms with van der Waals surface area (Å²) in [4.78, 5) is 1.15. The quantitative estimate of drug-likeness (QED) is 0.814. The summed E-state index contributed by atoms with van der Waals surface area (Å²) in [7, 11) is 0. The van der Waals surface area contributed by atoms with E-state index >= 15 is 0 Å². The predicted molar refractivity (Wildman–Crippen MR) is 88.2 cm³/mol. The molecule has 1 heterocycles. The molecule has 0 fully saturated rings. The van der Waals surface area contributed by atoms with E-state index < -0.39 is 0 Å². The SMILES string of the molecule is CCNC(Cc1cc(F)cc(Br)c1)c1snnc1C(C)C. The smallest absolute Gasteiger partial charge is 0.124 e. The molecule has 0 aliphatic carbocycles. The largest absolute Gasteiger partial charge is 0.309 e. The van der Waals surface area contributed by atoms with Crippen LogP contribution in [0.15, 0.2) is 22.7 Å². The molecule has 114 valence electrons. The van der Waals surface area contributed by atoms with Crippen LogP contribution in [0.3, 0.4) is 0 Å². The number of likely N-dealkylation sites (N-methyl/N-ethyl adjacent to an activating group) is 1. The van der Waals surface area contributed by atoms with Gasteiger partial charge in [-0.2, -0.15) is 0 Å². The normalized spacial score (nSPS) is 12.9. The lowest BCUT2D eigenvalue weighted by atomic mass is 10.00. The molecule has 1 atom stereocenters. The number of nitrogens with one attached hydrogen (secondary N) is 1. The third kappa shape index (κ3) is 4.31. The van der Waals surface area contributed by atoms with Crippen LogP contribution >= 0.6 is 27.5 Å². The van der Waals surface area contributed by atoms with Crippen molar-refractivity contribution in [3.05, 3.63) is 44.6 Å². The highest BCUT2D eigenvalue weighted by Crippen LogP contribution is 2.29. The zero-order valence-electron chi connectivity index (χ0n) is 12.4. The first kappa shape index (κ1) is 16.5. The van der Waals surface area contributed by atoms with Crippen LogP contribution < -0.4 is 5.32 Å². The van der Waals surface area contributed by atoms with Crippen molar-refractivity contribution in [1.29, 1.82) is 0 Å². The predicted octanol–water partition coefficient (Wildman–Crippen LogP) is 4.46. The fourth-order valence-electron chi connectivity index (χ4n) is 2.32. The number of halogens is 2. The van der Waals surface area contributed by atoms with E-state index in [4.69, 9.17) is 0 Å². The molecule has 0 spiro atoms. The number of nitrogens with zero attached hydrogens (tertiary/aromatic N) is 2. The maximum atomic E-state index is 13.5. The molecule has 0 saturated carbocycles. The Morgan fingerprint density at radius 1 is 1.33 bits per heavy atom. The van der Waals surface area contributed by atoms with Crippen LogP contribution in [0.2, 0.25) is 0 Å². The number of rotatable bonds is 6. The first-order chi connectivity index (χ1) is 10.0. The minimum Gasteiger partial charge on any atom is -0.309 e.